The Morgan fingerprint density at radius 3 is 2.80 bits per heavy atom. The lowest BCUT2D eigenvalue weighted by Gasteiger charge is -2.00. The summed E-state index contributed by atoms with van der Waals surface area (Å²) in [5.74, 6) is 0.126. The van der Waals surface area contributed by atoms with Crippen molar-refractivity contribution in [2.24, 2.45) is 0 Å². The number of aromatic nitrogens is 2. The summed E-state index contributed by atoms with van der Waals surface area (Å²) >= 11 is 0. The number of carbonyl (C=O) groups excluding carboxylic acids is 1. The largest absolute Gasteiger partial charge is 0.450 e. The van der Waals surface area contributed by atoms with Crippen molar-refractivity contribution in [3.8, 4) is 0 Å². The van der Waals surface area contributed by atoms with Gasteiger partial charge in [-0.1, -0.05) is 0 Å². The first-order valence-electron chi connectivity index (χ1n) is 5.31. The van der Waals surface area contributed by atoms with Crippen LogP contribution in [0.1, 0.15) is 6.92 Å². The molecule has 1 amide bonds. The molecular formula is C10H12ClN3O5S. The average Bonchev–Trinajstić information content (AvgIpc) is 2.68. The number of carbonyl (C=O) groups is 1. The van der Waals surface area contributed by atoms with Gasteiger partial charge in [-0.05, 0) is 25.1 Å². The highest BCUT2D eigenvalue weighted by atomic mass is 35.5. The number of amides is 1. The first kappa shape index (κ1) is 16.2. The number of imidazole rings is 1. The van der Waals surface area contributed by atoms with Gasteiger partial charge in [0.2, 0.25) is 5.95 Å². The standard InChI is InChI=1S/C10H11N3O5S.ClH/c1-2-18-10(14)13-9-11-7-4-3-6(19(15,16)17)5-8(7)12-9;/h3-5H,2H2,1H3,(H,15,16,17)(H2,11,12,13,14);1H. The van der Waals surface area contributed by atoms with Crippen LogP contribution in [0.4, 0.5) is 10.7 Å². The van der Waals surface area contributed by atoms with Crippen molar-refractivity contribution in [2.75, 3.05) is 11.9 Å². The molecule has 0 saturated heterocycles. The van der Waals surface area contributed by atoms with E-state index in [0.717, 1.165) is 0 Å². The molecule has 2 aromatic rings. The molecule has 2 rings (SSSR count). The van der Waals surface area contributed by atoms with Gasteiger partial charge in [0.05, 0.1) is 22.5 Å². The van der Waals surface area contributed by atoms with E-state index in [4.69, 9.17) is 4.55 Å². The Morgan fingerprint density at radius 1 is 1.50 bits per heavy atom. The van der Waals surface area contributed by atoms with E-state index in [0.29, 0.717) is 11.0 Å². The summed E-state index contributed by atoms with van der Waals surface area (Å²) in [6, 6.07) is 3.84. The number of H-pyrrole nitrogens is 1. The molecule has 0 saturated carbocycles. The molecule has 3 N–H and O–H groups in total. The minimum atomic E-state index is -4.28. The van der Waals surface area contributed by atoms with Gasteiger partial charge in [0.25, 0.3) is 10.1 Å². The zero-order valence-electron chi connectivity index (χ0n) is 10.3. The molecule has 0 aliphatic rings. The molecule has 110 valence electrons. The van der Waals surface area contributed by atoms with Crippen LogP contribution in [0.2, 0.25) is 0 Å². The lowest BCUT2D eigenvalue weighted by atomic mass is 10.3. The minimum Gasteiger partial charge on any atom is -0.450 e. The molecule has 8 nitrogen and oxygen atoms in total. The normalized spacial score (nSPS) is 10.9. The lowest BCUT2D eigenvalue weighted by Crippen LogP contribution is -2.14. The second kappa shape index (κ2) is 6.07. The van der Waals surface area contributed by atoms with Crippen LogP contribution in [0.25, 0.3) is 11.0 Å². The van der Waals surface area contributed by atoms with E-state index in [2.05, 4.69) is 20.0 Å². The Kier molecular flexibility index (Phi) is 4.93. The second-order valence-electron chi connectivity index (χ2n) is 3.58. The monoisotopic (exact) mass is 321 g/mol. The number of hydrogen-bond donors (Lipinski definition) is 3. The average molecular weight is 322 g/mol. The fourth-order valence-corrected chi connectivity index (χ4v) is 1.98. The molecule has 0 aliphatic heterocycles. The van der Waals surface area contributed by atoms with Gasteiger partial charge in [0, 0.05) is 0 Å². The third-order valence-electron chi connectivity index (χ3n) is 2.25. The summed E-state index contributed by atoms with van der Waals surface area (Å²) < 4.78 is 35.5. The fourth-order valence-electron chi connectivity index (χ4n) is 1.47. The van der Waals surface area contributed by atoms with Gasteiger partial charge >= 0.3 is 6.09 Å². The minimum absolute atomic E-state index is 0. The second-order valence-corrected chi connectivity index (χ2v) is 5.01. The maximum Gasteiger partial charge on any atom is 0.413 e. The molecule has 0 radical (unpaired) electrons. The topological polar surface area (TPSA) is 121 Å². The molecule has 0 spiro atoms. The molecule has 0 bridgehead atoms. The number of halogens is 1. The lowest BCUT2D eigenvalue weighted by molar-refractivity contribution is 0.167. The molecule has 0 atom stereocenters. The third-order valence-corrected chi connectivity index (χ3v) is 3.10. The van der Waals surface area contributed by atoms with Crippen LogP contribution >= 0.6 is 12.4 Å². The van der Waals surface area contributed by atoms with Gasteiger partial charge in [-0.15, -0.1) is 12.4 Å². The molecule has 1 aromatic carbocycles. The number of hydrogen-bond acceptors (Lipinski definition) is 5. The number of rotatable bonds is 3. The van der Waals surface area contributed by atoms with Gasteiger partial charge in [-0.3, -0.25) is 9.87 Å². The number of fused-ring (bicyclic) bond motifs is 1. The summed E-state index contributed by atoms with van der Waals surface area (Å²) in [5.41, 5.74) is 0.807. The summed E-state index contributed by atoms with van der Waals surface area (Å²) in [5, 5.41) is 2.35. The van der Waals surface area contributed by atoms with E-state index in [1.165, 1.54) is 18.2 Å². The quantitative estimate of drug-likeness (QED) is 0.741. The van der Waals surface area contributed by atoms with Crippen LogP contribution in [0.3, 0.4) is 0 Å². The van der Waals surface area contributed by atoms with E-state index in [9.17, 15) is 13.2 Å². The Balaban J connectivity index is 0.00000200. The van der Waals surface area contributed by atoms with Crippen molar-refractivity contribution in [3.63, 3.8) is 0 Å². The van der Waals surface area contributed by atoms with Crippen LogP contribution in [0.15, 0.2) is 23.1 Å². The smallest absolute Gasteiger partial charge is 0.413 e. The van der Waals surface area contributed by atoms with Gasteiger partial charge in [-0.2, -0.15) is 8.42 Å². The highest BCUT2D eigenvalue weighted by molar-refractivity contribution is 7.85. The van der Waals surface area contributed by atoms with Crippen LogP contribution in [0, 0.1) is 0 Å². The maximum atomic E-state index is 11.2. The predicted molar refractivity (Wildman–Crippen MR) is 73.8 cm³/mol. The number of ether oxygens (including phenoxy) is 1. The van der Waals surface area contributed by atoms with Gasteiger partial charge in [0.1, 0.15) is 0 Å². The van der Waals surface area contributed by atoms with Crippen molar-refractivity contribution in [1.29, 1.82) is 0 Å². The third kappa shape index (κ3) is 3.59. The van der Waals surface area contributed by atoms with E-state index >= 15 is 0 Å². The summed E-state index contributed by atoms with van der Waals surface area (Å²) in [7, 11) is -4.28. The van der Waals surface area contributed by atoms with Crippen LogP contribution in [0.5, 0.6) is 0 Å². The van der Waals surface area contributed by atoms with Gasteiger partial charge in [-0.25, -0.2) is 9.78 Å². The van der Waals surface area contributed by atoms with Crippen LogP contribution in [-0.2, 0) is 14.9 Å². The van der Waals surface area contributed by atoms with Crippen molar-refractivity contribution < 1.29 is 22.5 Å². The highest BCUT2D eigenvalue weighted by Gasteiger charge is 2.12. The van der Waals surface area contributed by atoms with E-state index in [1.807, 2.05) is 0 Å². The molecule has 1 aromatic heterocycles. The molecule has 0 aliphatic carbocycles. The molecule has 10 heteroatoms. The van der Waals surface area contributed by atoms with Crippen molar-refractivity contribution in [2.45, 2.75) is 11.8 Å². The van der Waals surface area contributed by atoms with Crippen LogP contribution in [-0.4, -0.2) is 35.6 Å². The SMILES string of the molecule is CCOC(=O)Nc1nc2ccc(S(=O)(=O)O)cc2[nH]1.Cl. The molecular weight excluding hydrogens is 310 g/mol. The molecule has 20 heavy (non-hydrogen) atoms. The zero-order valence-corrected chi connectivity index (χ0v) is 11.9. The maximum absolute atomic E-state index is 11.2. The first-order chi connectivity index (χ1) is 8.90. The summed E-state index contributed by atoms with van der Waals surface area (Å²) in [4.78, 5) is 17.6. The molecule has 0 unspecified atom stereocenters. The highest BCUT2D eigenvalue weighted by Crippen LogP contribution is 2.18. The van der Waals surface area contributed by atoms with Crippen LogP contribution < -0.4 is 5.32 Å². The molecule has 1 heterocycles. The number of nitrogens with one attached hydrogen (secondary N) is 2. The Hall–Kier alpha value is -1.84. The Labute approximate surface area is 120 Å². The van der Waals surface area contributed by atoms with Crippen molar-refractivity contribution in [1.82, 2.24) is 9.97 Å². The zero-order chi connectivity index (χ0) is 14.0. The summed E-state index contributed by atoms with van der Waals surface area (Å²) in [6.07, 6.45) is -0.670. The summed E-state index contributed by atoms with van der Waals surface area (Å²) in [6.45, 7) is 1.88. The van der Waals surface area contributed by atoms with Crippen molar-refractivity contribution >= 4 is 45.6 Å². The number of anilines is 1. The number of aromatic amines is 1. The first-order valence-corrected chi connectivity index (χ1v) is 6.75. The van der Waals surface area contributed by atoms with E-state index in [-0.39, 0.29) is 29.9 Å². The van der Waals surface area contributed by atoms with Crippen molar-refractivity contribution in [3.05, 3.63) is 18.2 Å². The fraction of sp³-hybridized carbons (Fsp3) is 0.200. The predicted octanol–water partition coefficient (Wildman–Crippen LogP) is 1.80. The van der Waals surface area contributed by atoms with Gasteiger partial charge < -0.3 is 9.72 Å². The number of benzene rings is 1. The molecule has 0 fully saturated rings. The Bertz CT molecular complexity index is 728. The van der Waals surface area contributed by atoms with Gasteiger partial charge in [0.15, 0.2) is 0 Å². The number of nitrogens with zero attached hydrogens (tertiary/aromatic N) is 1. The van der Waals surface area contributed by atoms with E-state index < -0.39 is 16.2 Å². The van der Waals surface area contributed by atoms with E-state index in [1.54, 1.807) is 6.92 Å². The Morgan fingerprint density at radius 2 is 2.20 bits per heavy atom.